The first-order valence-corrected chi connectivity index (χ1v) is 8.56. The van der Waals surface area contributed by atoms with Crippen LogP contribution in [0.2, 0.25) is 0 Å². The largest absolute Gasteiger partial charge is 0.457 e. The van der Waals surface area contributed by atoms with E-state index in [-0.39, 0.29) is 17.6 Å². The van der Waals surface area contributed by atoms with E-state index in [1.165, 1.54) is 12.2 Å². The average Bonchev–Trinajstić information content (AvgIpc) is 3.32. The standard InChI is InChI=1S/C20H18N2O4/c23-19(22-11-3-4-12-22)10-9-14-7-8-15(25-14)13-18-20(24)21-16-5-1-2-6-17(16)26-18/h1-2,5-10,13H,3-4,11-12H2,(H,21,24)/b10-9+,18-13-. The summed E-state index contributed by atoms with van der Waals surface area (Å²) < 4.78 is 11.3. The monoisotopic (exact) mass is 350 g/mol. The third-order valence-corrected chi connectivity index (χ3v) is 4.31. The number of likely N-dealkylation sites (tertiary alicyclic amines) is 1. The van der Waals surface area contributed by atoms with Crippen LogP contribution in [-0.4, -0.2) is 29.8 Å². The molecule has 0 aliphatic carbocycles. The van der Waals surface area contributed by atoms with Gasteiger partial charge in [0.05, 0.1) is 5.69 Å². The Hall–Kier alpha value is -3.28. The molecule has 1 fully saturated rings. The van der Waals surface area contributed by atoms with Crippen LogP contribution in [0.3, 0.4) is 0 Å². The molecule has 26 heavy (non-hydrogen) atoms. The summed E-state index contributed by atoms with van der Waals surface area (Å²) in [4.78, 5) is 26.0. The molecule has 6 heteroatoms. The highest BCUT2D eigenvalue weighted by atomic mass is 16.5. The van der Waals surface area contributed by atoms with Crippen molar-refractivity contribution in [3.63, 3.8) is 0 Å². The van der Waals surface area contributed by atoms with Gasteiger partial charge in [-0.05, 0) is 43.2 Å². The molecule has 0 spiro atoms. The number of para-hydroxylation sites is 2. The van der Waals surface area contributed by atoms with Crippen molar-refractivity contribution in [1.29, 1.82) is 0 Å². The lowest BCUT2D eigenvalue weighted by atomic mass is 10.2. The van der Waals surface area contributed by atoms with E-state index >= 15 is 0 Å². The summed E-state index contributed by atoms with van der Waals surface area (Å²) >= 11 is 0. The molecule has 4 rings (SSSR count). The second-order valence-electron chi connectivity index (χ2n) is 6.17. The predicted molar refractivity (Wildman–Crippen MR) is 97.2 cm³/mol. The number of amides is 2. The zero-order valence-electron chi connectivity index (χ0n) is 14.1. The third kappa shape index (κ3) is 3.39. The topological polar surface area (TPSA) is 71.8 Å². The zero-order valence-corrected chi connectivity index (χ0v) is 14.1. The minimum Gasteiger partial charge on any atom is -0.457 e. The van der Waals surface area contributed by atoms with Crippen LogP contribution in [-0.2, 0) is 9.59 Å². The predicted octanol–water partition coefficient (Wildman–Crippen LogP) is 3.29. The fourth-order valence-electron chi connectivity index (χ4n) is 2.96. The van der Waals surface area contributed by atoms with Gasteiger partial charge in [0.15, 0.2) is 11.5 Å². The number of nitrogens with one attached hydrogen (secondary N) is 1. The molecule has 1 N–H and O–H groups in total. The fraction of sp³-hybridized carbons (Fsp3) is 0.200. The van der Waals surface area contributed by atoms with E-state index < -0.39 is 0 Å². The van der Waals surface area contributed by atoms with Gasteiger partial charge in [-0.2, -0.15) is 0 Å². The number of fused-ring (bicyclic) bond motifs is 1. The van der Waals surface area contributed by atoms with E-state index in [1.54, 1.807) is 30.3 Å². The molecule has 0 unspecified atom stereocenters. The lowest BCUT2D eigenvalue weighted by Gasteiger charge is -2.19. The maximum absolute atomic E-state index is 12.1. The highest BCUT2D eigenvalue weighted by molar-refractivity contribution is 6.08. The van der Waals surface area contributed by atoms with Gasteiger partial charge in [-0.25, -0.2) is 0 Å². The van der Waals surface area contributed by atoms with Crippen molar-refractivity contribution in [2.24, 2.45) is 0 Å². The minimum absolute atomic E-state index is 0.00889. The molecule has 1 saturated heterocycles. The van der Waals surface area contributed by atoms with Crippen LogP contribution >= 0.6 is 0 Å². The SMILES string of the molecule is O=C1Nc2ccccc2O/C1=C\c1ccc(/C=C/C(=O)N2CCCC2)o1. The molecule has 2 aromatic rings. The number of rotatable bonds is 3. The van der Waals surface area contributed by atoms with E-state index in [0.29, 0.717) is 23.0 Å². The first kappa shape index (κ1) is 16.2. The zero-order chi connectivity index (χ0) is 17.9. The van der Waals surface area contributed by atoms with Crippen LogP contribution in [0.25, 0.3) is 12.2 Å². The van der Waals surface area contributed by atoms with Crippen molar-refractivity contribution < 1.29 is 18.7 Å². The molecule has 2 aliphatic heterocycles. The molecule has 1 aromatic heterocycles. The fourth-order valence-corrected chi connectivity index (χ4v) is 2.96. The smallest absolute Gasteiger partial charge is 0.291 e. The van der Waals surface area contributed by atoms with Crippen LogP contribution in [0, 0.1) is 0 Å². The summed E-state index contributed by atoms with van der Waals surface area (Å²) in [6.07, 6.45) is 6.80. The highest BCUT2D eigenvalue weighted by Crippen LogP contribution is 2.31. The van der Waals surface area contributed by atoms with Gasteiger partial charge in [0.25, 0.3) is 5.91 Å². The molecule has 6 nitrogen and oxygen atoms in total. The summed E-state index contributed by atoms with van der Waals surface area (Å²) in [6.45, 7) is 1.62. The van der Waals surface area contributed by atoms with Crippen molar-refractivity contribution >= 4 is 29.7 Å². The van der Waals surface area contributed by atoms with Gasteiger partial charge in [-0.3, -0.25) is 9.59 Å². The Kier molecular flexibility index (Phi) is 4.31. The Balaban J connectivity index is 1.47. The van der Waals surface area contributed by atoms with Crippen molar-refractivity contribution in [2.45, 2.75) is 12.8 Å². The lowest BCUT2D eigenvalue weighted by molar-refractivity contribution is -0.124. The second kappa shape index (κ2) is 6.92. The number of furan rings is 1. The number of hydrogen-bond acceptors (Lipinski definition) is 4. The molecular weight excluding hydrogens is 332 g/mol. The van der Waals surface area contributed by atoms with Crippen LogP contribution in [0.4, 0.5) is 5.69 Å². The highest BCUT2D eigenvalue weighted by Gasteiger charge is 2.22. The molecule has 0 saturated carbocycles. The maximum Gasteiger partial charge on any atom is 0.291 e. The number of nitrogens with zero attached hydrogens (tertiary/aromatic N) is 1. The van der Waals surface area contributed by atoms with Gasteiger partial charge < -0.3 is 19.4 Å². The van der Waals surface area contributed by atoms with Crippen LogP contribution in [0.15, 0.2) is 52.7 Å². The van der Waals surface area contributed by atoms with E-state index in [1.807, 2.05) is 17.0 Å². The van der Waals surface area contributed by atoms with Gasteiger partial charge in [0.1, 0.15) is 11.5 Å². The Bertz CT molecular complexity index is 904. The summed E-state index contributed by atoms with van der Waals surface area (Å²) in [6, 6.07) is 10.7. The molecule has 1 aromatic carbocycles. The van der Waals surface area contributed by atoms with Crippen LogP contribution < -0.4 is 10.1 Å². The van der Waals surface area contributed by atoms with Gasteiger partial charge in [0.2, 0.25) is 5.91 Å². The van der Waals surface area contributed by atoms with Crippen LogP contribution in [0.1, 0.15) is 24.4 Å². The number of ether oxygens (including phenoxy) is 1. The van der Waals surface area contributed by atoms with E-state index in [2.05, 4.69) is 5.32 Å². The van der Waals surface area contributed by atoms with Crippen molar-refractivity contribution in [2.75, 3.05) is 18.4 Å². The molecule has 2 amide bonds. The Labute approximate surface area is 150 Å². The molecule has 2 aliphatic rings. The summed E-state index contributed by atoms with van der Waals surface area (Å²) in [5.74, 6) is 1.42. The summed E-state index contributed by atoms with van der Waals surface area (Å²) in [5, 5.41) is 2.77. The van der Waals surface area contributed by atoms with E-state index in [4.69, 9.17) is 9.15 Å². The normalized spacial score (nSPS) is 18.1. The van der Waals surface area contributed by atoms with Crippen molar-refractivity contribution in [3.05, 3.63) is 59.8 Å². The molecule has 3 heterocycles. The van der Waals surface area contributed by atoms with Crippen LogP contribution in [0.5, 0.6) is 5.75 Å². The van der Waals surface area contributed by atoms with Gasteiger partial charge in [-0.15, -0.1) is 0 Å². The second-order valence-corrected chi connectivity index (χ2v) is 6.17. The third-order valence-electron chi connectivity index (χ3n) is 4.31. The molecule has 0 atom stereocenters. The number of anilines is 1. The average molecular weight is 350 g/mol. The number of benzene rings is 1. The first-order chi connectivity index (χ1) is 12.7. The van der Waals surface area contributed by atoms with Gasteiger partial charge in [0, 0.05) is 25.2 Å². The quantitative estimate of drug-likeness (QED) is 0.862. The molecule has 0 radical (unpaired) electrons. The summed E-state index contributed by atoms with van der Waals surface area (Å²) in [5.41, 5.74) is 0.637. The Morgan fingerprint density at radius 3 is 2.69 bits per heavy atom. The first-order valence-electron chi connectivity index (χ1n) is 8.56. The van der Waals surface area contributed by atoms with Gasteiger partial charge in [-0.1, -0.05) is 12.1 Å². The van der Waals surface area contributed by atoms with Crippen molar-refractivity contribution in [3.8, 4) is 5.75 Å². The molecule has 0 bridgehead atoms. The lowest BCUT2D eigenvalue weighted by Crippen LogP contribution is -2.25. The number of hydrogen-bond donors (Lipinski definition) is 1. The minimum atomic E-state index is -0.332. The number of carbonyl (C=O) groups excluding carboxylic acids is 2. The Morgan fingerprint density at radius 1 is 1.08 bits per heavy atom. The maximum atomic E-state index is 12.1. The molecule has 132 valence electrons. The molecular formula is C20H18N2O4. The number of carbonyl (C=O) groups is 2. The van der Waals surface area contributed by atoms with Crippen molar-refractivity contribution in [1.82, 2.24) is 4.90 Å². The van der Waals surface area contributed by atoms with E-state index in [0.717, 1.165) is 25.9 Å². The van der Waals surface area contributed by atoms with E-state index in [9.17, 15) is 9.59 Å². The summed E-state index contributed by atoms with van der Waals surface area (Å²) in [7, 11) is 0. The van der Waals surface area contributed by atoms with Gasteiger partial charge >= 0.3 is 0 Å². The Morgan fingerprint density at radius 2 is 1.85 bits per heavy atom.